The molecule has 2 unspecified atom stereocenters. The summed E-state index contributed by atoms with van der Waals surface area (Å²) >= 11 is 1.49. The van der Waals surface area contributed by atoms with E-state index in [0.29, 0.717) is 12.2 Å². The van der Waals surface area contributed by atoms with Crippen molar-refractivity contribution in [3.8, 4) is 0 Å². The Balaban J connectivity index is 1.77. The Bertz CT molecular complexity index is 468. The number of rotatable bonds is 2. The quantitative estimate of drug-likeness (QED) is 0.833. The molecule has 1 aliphatic carbocycles. The van der Waals surface area contributed by atoms with Crippen LogP contribution in [0.2, 0.25) is 0 Å². The minimum atomic E-state index is 0.0974. The molecule has 1 saturated heterocycles. The molecule has 2 atom stereocenters. The summed E-state index contributed by atoms with van der Waals surface area (Å²) in [6.45, 7) is 0.811. The van der Waals surface area contributed by atoms with Crippen LogP contribution in [-0.4, -0.2) is 29.2 Å². The largest absolute Gasteiger partial charge is 0.334 e. The first-order valence-corrected chi connectivity index (χ1v) is 8.02. The second kappa shape index (κ2) is 5.45. The average Bonchev–Trinajstić information content (AvgIpc) is 3.10. The monoisotopic (exact) mass is 277 g/mol. The van der Waals surface area contributed by atoms with Crippen molar-refractivity contribution in [2.45, 2.75) is 44.6 Å². The molecule has 1 aliphatic heterocycles. The van der Waals surface area contributed by atoms with Crippen LogP contribution in [0.5, 0.6) is 0 Å². The molecule has 2 aliphatic rings. The molecule has 0 N–H and O–H groups in total. The lowest BCUT2D eigenvalue weighted by molar-refractivity contribution is -0.126. The molecule has 4 heteroatoms. The number of ketones is 1. The van der Waals surface area contributed by atoms with Crippen LogP contribution in [0.15, 0.2) is 17.5 Å². The normalized spacial score (nSPS) is 27.8. The number of carbonyl (C=O) groups excluding carboxylic acids is 2. The summed E-state index contributed by atoms with van der Waals surface area (Å²) in [5, 5.41) is 1.93. The van der Waals surface area contributed by atoms with Gasteiger partial charge in [-0.1, -0.05) is 12.5 Å². The van der Waals surface area contributed by atoms with E-state index >= 15 is 0 Å². The van der Waals surface area contributed by atoms with E-state index in [1.807, 2.05) is 22.4 Å². The molecule has 1 aromatic heterocycles. The Morgan fingerprint density at radius 1 is 1.26 bits per heavy atom. The maximum atomic E-state index is 12.5. The number of Topliss-reactive ketones (excluding diaryl/α,β-unsaturated/α-hetero) is 1. The zero-order valence-corrected chi connectivity index (χ0v) is 11.8. The zero-order valence-electron chi connectivity index (χ0n) is 11.0. The molecule has 19 heavy (non-hydrogen) atoms. The van der Waals surface area contributed by atoms with Gasteiger partial charge in [0.25, 0.3) is 5.91 Å². The third-order valence-corrected chi connectivity index (χ3v) is 5.22. The van der Waals surface area contributed by atoms with Gasteiger partial charge in [-0.3, -0.25) is 9.59 Å². The minimum Gasteiger partial charge on any atom is -0.334 e. The van der Waals surface area contributed by atoms with Crippen LogP contribution < -0.4 is 0 Å². The number of thiophene rings is 1. The molecular formula is C15H19NO2S. The highest BCUT2D eigenvalue weighted by Gasteiger charge is 2.39. The van der Waals surface area contributed by atoms with Gasteiger partial charge in [0.05, 0.1) is 4.88 Å². The Kier molecular flexibility index (Phi) is 3.69. The van der Waals surface area contributed by atoms with E-state index in [0.717, 1.165) is 43.5 Å². The minimum absolute atomic E-state index is 0.0974. The smallest absolute Gasteiger partial charge is 0.264 e. The second-order valence-corrected chi connectivity index (χ2v) is 6.45. The van der Waals surface area contributed by atoms with Gasteiger partial charge >= 0.3 is 0 Å². The molecule has 3 rings (SSSR count). The van der Waals surface area contributed by atoms with Gasteiger partial charge in [0.15, 0.2) is 0 Å². The summed E-state index contributed by atoms with van der Waals surface area (Å²) < 4.78 is 0. The molecule has 1 aromatic rings. The molecule has 2 fully saturated rings. The van der Waals surface area contributed by atoms with Crippen LogP contribution in [0.1, 0.15) is 48.2 Å². The van der Waals surface area contributed by atoms with Crippen molar-refractivity contribution in [1.82, 2.24) is 4.90 Å². The fraction of sp³-hybridized carbons (Fsp3) is 0.600. The van der Waals surface area contributed by atoms with Crippen LogP contribution in [0.25, 0.3) is 0 Å². The van der Waals surface area contributed by atoms with Crippen molar-refractivity contribution in [2.75, 3.05) is 6.54 Å². The van der Waals surface area contributed by atoms with Gasteiger partial charge in [0.1, 0.15) is 5.78 Å². The predicted molar refractivity (Wildman–Crippen MR) is 75.3 cm³/mol. The Labute approximate surface area is 117 Å². The predicted octanol–water partition coefficient (Wildman–Crippen LogP) is 3.11. The van der Waals surface area contributed by atoms with Crippen molar-refractivity contribution in [3.05, 3.63) is 22.4 Å². The number of nitrogens with zero attached hydrogens (tertiary/aromatic N) is 1. The van der Waals surface area contributed by atoms with Crippen LogP contribution in [0.3, 0.4) is 0 Å². The van der Waals surface area contributed by atoms with E-state index in [4.69, 9.17) is 0 Å². The third-order valence-electron chi connectivity index (χ3n) is 4.36. The van der Waals surface area contributed by atoms with E-state index < -0.39 is 0 Å². The van der Waals surface area contributed by atoms with Gasteiger partial charge in [-0.05, 0) is 37.1 Å². The molecule has 0 aromatic carbocycles. The number of hydrogen-bond donors (Lipinski definition) is 0. The first-order valence-electron chi connectivity index (χ1n) is 7.14. The number of carbonyl (C=O) groups is 2. The lowest BCUT2D eigenvalue weighted by atomic mass is 9.82. The molecule has 2 heterocycles. The summed E-state index contributed by atoms with van der Waals surface area (Å²) in [6, 6.07) is 3.95. The van der Waals surface area contributed by atoms with E-state index in [9.17, 15) is 9.59 Å². The van der Waals surface area contributed by atoms with Gasteiger partial charge in [-0.25, -0.2) is 0 Å². The van der Waals surface area contributed by atoms with Crippen molar-refractivity contribution < 1.29 is 9.59 Å². The summed E-state index contributed by atoms with van der Waals surface area (Å²) in [5.41, 5.74) is 0. The molecule has 102 valence electrons. The van der Waals surface area contributed by atoms with Gasteiger partial charge < -0.3 is 4.90 Å². The molecular weight excluding hydrogens is 258 g/mol. The zero-order chi connectivity index (χ0) is 13.2. The summed E-state index contributed by atoms with van der Waals surface area (Å²) in [4.78, 5) is 27.4. The average molecular weight is 277 g/mol. The van der Waals surface area contributed by atoms with Gasteiger partial charge in [0.2, 0.25) is 0 Å². The van der Waals surface area contributed by atoms with Crippen LogP contribution >= 0.6 is 11.3 Å². The highest BCUT2D eigenvalue weighted by Crippen LogP contribution is 2.33. The Morgan fingerprint density at radius 3 is 2.89 bits per heavy atom. The van der Waals surface area contributed by atoms with E-state index in [2.05, 4.69) is 0 Å². The molecule has 1 amide bonds. The summed E-state index contributed by atoms with van der Waals surface area (Å²) in [6.07, 6.45) is 5.87. The van der Waals surface area contributed by atoms with E-state index in [1.165, 1.54) is 11.3 Å². The Morgan fingerprint density at radius 2 is 2.16 bits per heavy atom. The molecule has 0 bridgehead atoms. The van der Waals surface area contributed by atoms with Crippen LogP contribution in [0, 0.1) is 5.92 Å². The second-order valence-electron chi connectivity index (χ2n) is 5.50. The van der Waals surface area contributed by atoms with E-state index in [-0.39, 0.29) is 17.9 Å². The van der Waals surface area contributed by atoms with Gasteiger partial charge in [0, 0.05) is 24.9 Å². The molecule has 0 spiro atoms. The fourth-order valence-corrected chi connectivity index (χ4v) is 4.10. The first kappa shape index (κ1) is 12.9. The van der Waals surface area contributed by atoms with Crippen molar-refractivity contribution in [1.29, 1.82) is 0 Å². The molecule has 3 nitrogen and oxygen atoms in total. The van der Waals surface area contributed by atoms with Gasteiger partial charge in [-0.2, -0.15) is 0 Å². The number of amides is 1. The number of likely N-dealkylation sites (tertiary alicyclic amines) is 1. The molecule has 0 radical (unpaired) electrons. The van der Waals surface area contributed by atoms with Gasteiger partial charge in [-0.15, -0.1) is 11.3 Å². The Hall–Kier alpha value is -1.16. The summed E-state index contributed by atoms with van der Waals surface area (Å²) in [7, 11) is 0. The number of hydrogen-bond acceptors (Lipinski definition) is 3. The first-order chi connectivity index (χ1) is 9.27. The molecule has 1 saturated carbocycles. The lowest BCUT2D eigenvalue weighted by Crippen LogP contribution is -2.43. The van der Waals surface area contributed by atoms with Crippen LogP contribution in [0.4, 0.5) is 0 Å². The summed E-state index contributed by atoms with van der Waals surface area (Å²) in [5.74, 6) is 0.596. The van der Waals surface area contributed by atoms with Crippen LogP contribution in [-0.2, 0) is 4.79 Å². The maximum Gasteiger partial charge on any atom is 0.264 e. The fourth-order valence-electron chi connectivity index (χ4n) is 3.42. The SMILES string of the molecule is O=C1CCCCC1C1CCCN1C(=O)c1cccs1. The topological polar surface area (TPSA) is 37.4 Å². The van der Waals surface area contributed by atoms with Crippen molar-refractivity contribution in [2.24, 2.45) is 5.92 Å². The standard InChI is InChI=1S/C15H19NO2S/c17-13-7-2-1-5-11(13)12-6-3-9-16(12)15(18)14-8-4-10-19-14/h4,8,10-12H,1-3,5-7,9H2. The lowest BCUT2D eigenvalue weighted by Gasteiger charge is -2.32. The third kappa shape index (κ3) is 2.46. The highest BCUT2D eigenvalue weighted by atomic mass is 32.1. The maximum absolute atomic E-state index is 12.5. The van der Waals surface area contributed by atoms with Crippen molar-refractivity contribution in [3.63, 3.8) is 0 Å². The van der Waals surface area contributed by atoms with E-state index in [1.54, 1.807) is 0 Å². The highest BCUT2D eigenvalue weighted by molar-refractivity contribution is 7.12. The van der Waals surface area contributed by atoms with Crippen molar-refractivity contribution >= 4 is 23.0 Å².